The number of amides is 2. The van der Waals surface area contributed by atoms with Crippen molar-refractivity contribution < 1.29 is 19.5 Å². The SMILES string of the molecule is C/C=C/CC(NC(=O)C(C)NC(=O)C1CCCC1)C(=O)O. The highest BCUT2D eigenvalue weighted by Crippen LogP contribution is 2.24. The van der Waals surface area contributed by atoms with Crippen molar-refractivity contribution in [2.45, 2.75) is 58.0 Å². The van der Waals surface area contributed by atoms with Crippen molar-refractivity contribution in [1.82, 2.24) is 10.6 Å². The van der Waals surface area contributed by atoms with Crippen LogP contribution in [0.25, 0.3) is 0 Å². The van der Waals surface area contributed by atoms with Gasteiger partial charge in [-0.05, 0) is 33.1 Å². The van der Waals surface area contributed by atoms with Gasteiger partial charge in [0.05, 0.1) is 0 Å². The van der Waals surface area contributed by atoms with Crippen LogP contribution in [0.2, 0.25) is 0 Å². The van der Waals surface area contributed by atoms with Gasteiger partial charge in [-0.15, -0.1) is 0 Å². The van der Waals surface area contributed by atoms with Gasteiger partial charge >= 0.3 is 5.97 Å². The van der Waals surface area contributed by atoms with E-state index in [4.69, 9.17) is 5.11 Å². The third-order valence-electron chi connectivity index (χ3n) is 3.70. The standard InChI is InChI=1S/C15H24N2O4/c1-3-4-9-12(15(20)21)17-13(18)10(2)16-14(19)11-7-5-6-8-11/h3-4,10-12H,5-9H2,1-2H3,(H,16,19)(H,17,18)(H,20,21)/b4-3+. The topological polar surface area (TPSA) is 95.5 Å². The minimum Gasteiger partial charge on any atom is -0.480 e. The van der Waals surface area contributed by atoms with E-state index in [1.165, 1.54) is 0 Å². The van der Waals surface area contributed by atoms with E-state index in [1.807, 2.05) is 0 Å². The first-order valence-electron chi connectivity index (χ1n) is 7.40. The fraction of sp³-hybridized carbons (Fsp3) is 0.667. The predicted molar refractivity (Wildman–Crippen MR) is 78.6 cm³/mol. The van der Waals surface area contributed by atoms with E-state index in [0.717, 1.165) is 25.7 Å². The quantitative estimate of drug-likeness (QED) is 0.615. The van der Waals surface area contributed by atoms with E-state index in [-0.39, 0.29) is 18.2 Å². The Morgan fingerprint density at radius 1 is 1.24 bits per heavy atom. The molecule has 6 nitrogen and oxygen atoms in total. The van der Waals surface area contributed by atoms with Crippen molar-refractivity contribution in [2.75, 3.05) is 0 Å². The number of hydrogen-bond donors (Lipinski definition) is 3. The molecule has 0 bridgehead atoms. The zero-order valence-electron chi connectivity index (χ0n) is 12.6. The monoisotopic (exact) mass is 296 g/mol. The van der Waals surface area contributed by atoms with Crippen LogP contribution in [0.5, 0.6) is 0 Å². The molecular weight excluding hydrogens is 272 g/mol. The number of carbonyl (C=O) groups is 3. The van der Waals surface area contributed by atoms with Gasteiger partial charge in [-0.25, -0.2) is 4.79 Å². The Kier molecular flexibility index (Phi) is 6.91. The number of hydrogen-bond acceptors (Lipinski definition) is 3. The number of nitrogens with one attached hydrogen (secondary N) is 2. The molecule has 1 fully saturated rings. The maximum atomic E-state index is 12.0. The average Bonchev–Trinajstić information content (AvgIpc) is 2.96. The summed E-state index contributed by atoms with van der Waals surface area (Å²) >= 11 is 0. The summed E-state index contributed by atoms with van der Waals surface area (Å²) in [5, 5.41) is 14.2. The van der Waals surface area contributed by atoms with Crippen molar-refractivity contribution in [3.8, 4) is 0 Å². The molecule has 2 atom stereocenters. The molecular formula is C15H24N2O4. The minimum atomic E-state index is -1.09. The lowest BCUT2D eigenvalue weighted by Gasteiger charge is -2.19. The number of carboxylic acids is 1. The number of carboxylic acid groups (broad SMARTS) is 1. The Labute approximate surface area is 125 Å². The summed E-state index contributed by atoms with van der Waals surface area (Å²) < 4.78 is 0. The van der Waals surface area contributed by atoms with Crippen LogP contribution in [0, 0.1) is 5.92 Å². The number of rotatable bonds is 7. The zero-order valence-corrected chi connectivity index (χ0v) is 12.6. The highest BCUT2D eigenvalue weighted by atomic mass is 16.4. The molecule has 0 aromatic carbocycles. The van der Waals surface area contributed by atoms with Crippen LogP contribution in [0.4, 0.5) is 0 Å². The van der Waals surface area contributed by atoms with Crippen LogP contribution < -0.4 is 10.6 Å². The molecule has 0 aromatic rings. The van der Waals surface area contributed by atoms with Gasteiger partial charge in [0.25, 0.3) is 0 Å². The van der Waals surface area contributed by atoms with E-state index < -0.39 is 24.0 Å². The predicted octanol–water partition coefficient (Wildman–Crippen LogP) is 1.22. The highest BCUT2D eigenvalue weighted by Gasteiger charge is 2.27. The molecule has 1 aliphatic carbocycles. The smallest absolute Gasteiger partial charge is 0.326 e. The molecule has 0 aliphatic heterocycles. The first-order valence-corrected chi connectivity index (χ1v) is 7.40. The van der Waals surface area contributed by atoms with Gasteiger partial charge in [0.1, 0.15) is 12.1 Å². The second-order valence-corrected chi connectivity index (χ2v) is 5.42. The first-order chi connectivity index (χ1) is 9.95. The summed E-state index contributed by atoms with van der Waals surface area (Å²) in [6.45, 7) is 3.35. The summed E-state index contributed by atoms with van der Waals surface area (Å²) in [5.41, 5.74) is 0. The molecule has 1 saturated carbocycles. The van der Waals surface area contributed by atoms with Crippen LogP contribution in [-0.2, 0) is 14.4 Å². The lowest BCUT2D eigenvalue weighted by atomic mass is 10.1. The third-order valence-corrected chi connectivity index (χ3v) is 3.70. The largest absolute Gasteiger partial charge is 0.480 e. The van der Waals surface area contributed by atoms with Crippen LogP contribution >= 0.6 is 0 Å². The van der Waals surface area contributed by atoms with Crippen LogP contribution in [0.3, 0.4) is 0 Å². The number of carbonyl (C=O) groups excluding carboxylic acids is 2. The van der Waals surface area contributed by atoms with Gasteiger partial charge in [-0.1, -0.05) is 25.0 Å². The Balaban J connectivity index is 2.48. The normalized spacial score (nSPS) is 18.4. The molecule has 118 valence electrons. The lowest BCUT2D eigenvalue weighted by Crippen LogP contribution is -2.51. The molecule has 1 aliphatic rings. The van der Waals surface area contributed by atoms with Crippen molar-refractivity contribution in [2.24, 2.45) is 5.92 Å². The van der Waals surface area contributed by atoms with E-state index >= 15 is 0 Å². The van der Waals surface area contributed by atoms with E-state index in [9.17, 15) is 14.4 Å². The van der Waals surface area contributed by atoms with Crippen molar-refractivity contribution >= 4 is 17.8 Å². The highest BCUT2D eigenvalue weighted by molar-refractivity contribution is 5.90. The second kappa shape index (κ2) is 8.44. The van der Waals surface area contributed by atoms with Crippen molar-refractivity contribution in [3.05, 3.63) is 12.2 Å². The summed E-state index contributed by atoms with van der Waals surface area (Å²) in [7, 11) is 0. The second-order valence-electron chi connectivity index (χ2n) is 5.42. The fourth-order valence-electron chi connectivity index (χ4n) is 2.38. The van der Waals surface area contributed by atoms with Gasteiger partial charge in [0, 0.05) is 5.92 Å². The van der Waals surface area contributed by atoms with Crippen molar-refractivity contribution in [1.29, 1.82) is 0 Å². The number of allylic oxidation sites excluding steroid dienone is 1. The van der Waals surface area contributed by atoms with Gasteiger partial charge < -0.3 is 15.7 Å². The molecule has 2 amide bonds. The van der Waals surface area contributed by atoms with Gasteiger partial charge in [-0.3, -0.25) is 9.59 Å². The Bertz CT molecular complexity index is 414. The van der Waals surface area contributed by atoms with Crippen LogP contribution in [-0.4, -0.2) is 35.0 Å². The number of aliphatic carboxylic acids is 1. The zero-order chi connectivity index (χ0) is 15.8. The van der Waals surface area contributed by atoms with E-state index in [2.05, 4.69) is 10.6 Å². The lowest BCUT2D eigenvalue weighted by molar-refractivity contribution is -0.142. The summed E-state index contributed by atoms with van der Waals surface area (Å²) in [4.78, 5) is 35.0. The molecule has 6 heteroatoms. The van der Waals surface area contributed by atoms with E-state index in [1.54, 1.807) is 26.0 Å². The van der Waals surface area contributed by atoms with Crippen LogP contribution in [0.15, 0.2) is 12.2 Å². The molecule has 1 rings (SSSR count). The fourth-order valence-corrected chi connectivity index (χ4v) is 2.38. The van der Waals surface area contributed by atoms with Crippen LogP contribution in [0.1, 0.15) is 46.0 Å². The molecule has 0 aromatic heterocycles. The Morgan fingerprint density at radius 2 is 1.86 bits per heavy atom. The minimum absolute atomic E-state index is 0.0152. The maximum Gasteiger partial charge on any atom is 0.326 e. The first kappa shape index (κ1) is 17.2. The summed E-state index contributed by atoms with van der Waals surface area (Å²) in [6, 6.07) is -1.70. The van der Waals surface area contributed by atoms with Gasteiger partial charge in [-0.2, -0.15) is 0 Å². The average molecular weight is 296 g/mol. The summed E-state index contributed by atoms with van der Waals surface area (Å²) in [5.74, 6) is -1.69. The molecule has 0 saturated heterocycles. The molecule has 0 heterocycles. The summed E-state index contributed by atoms with van der Waals surface area (Å²) in [6.07, 6.45) is 7.44. The molecule has 2 unspecified atom stereocenters. The maximum absolute atomic E-state index is 12.0. The molecule has 0 spiro atoms. The third kappa shape index (κ3) is 5.57. The molecule has 21 heavy (non-hydrogen) atoms. The molecule has 0 radical (unpaired) electrons. The van der Waals surface area contributed by atoms with Gasteiger partial charge in [0.2, 0.25) is 11.8 Å². The van der Waals surface area contributed by atoms with E-state index in [0.29, 0.717) is 0 Å². The Hall–Kier alpha value is -1.85. The van der Waals surface area contributed by atoms with Gasteiger partial charge in [0.15, 0.2) is 0 Å². The molecule has 3 N–H and O–H groups in total. The Morgan fingerprint density at radius 3 is 2.38 bits per heavy atom. The van der Waals surface area contributed by atoms with Crippen molar-refractivity contribution in [3.63, 3.8) is 0 Å².